The number of nitrogens with two attached hydrogens (primary N) is 1. The number of aryl methyl sites for hydroxylation is 1. The van der Waals surface area contributed by atoms with Crippen LogP contribution in [0.4, 0.5) is 5.00 Å². The highest BCUT2D eigenvalue weighted by Gasteiger charge is 2.09. The van der Waals surface area contributed by atoms with Gasteiger partial charge in [-0.05, 0) is 57.3 Å². The normalized spacial score (nSPS) is 14.0. The second-order valence-corrected chi connectivity index (χ2v) is 5.68. The van der Waals surface area contributed by atoms with Gasteiger partial charge in [0.25, 0.3) is 5.91 Å². The Balaban J connectivity index is 3.02. The maximum Gasteiger partial charge on any atom is 0.269 e. The molecule has 0 atom stereocenters. The molecular formula is C15H22N4OS. The fourth-order valence-electron chi connectivity index (χ4n) is 1.56. The summed E-state index contributed by atoms with van der Waals surface area (Å²) in [7, 11) is 0. The number of aliphatic imine (C=N–C) groups is 1. The van der Waals surface area contributed by atoms with Gasteiger partial charge in [-0.3, -0.25) is 4.79 Å². The molecule has 1 aromatic rings. The highest BCUT2D eigenvalue weighted by molar-refractivity contribution is 7.10. The second-order valence-electron chi connectivity index (χ2n) is 4.87. The van der Waals surface area contributed by atoms with Crippen LogP contribution in [0.1, 0.15) is 39.8 Å². The van der Waals surface area contributed by atoms with Crippen LogP contribution in [0, 0.1) is 6.92 Å². The molecule has 6 heteroatoms. The van der Waals surface area contributed by atoms with Gasteiger partial charge >= 0.3 is 0 Å². The summed E-state index contributed by atoms with van der Waals surface area (Å²) < 4.78 is 4.18. The molecule has 1 amide bonds. The fourth-order valence-corrected chi connectivity index (χ4v) is 2.28. The second kappa shape index (κ2) is 7.73. The zero-order chi connectivity index (χ0) is 16.0. The van der Waals surface area contributed by atoms with Gasteiger partial charge in [0, 0.05) is 11.9 Å². The quantitative estimate of drug-likeness (QED) is 0.624. The van der Waals surface area contributed by atoms with E-state index < -0.39 is 5.91 Å². The first-order valence-electron chi connectivity index (χ1n) is 6.76. The van der Waals surface area contributed by atoms with E-state index in [1.165, 1.54) is 17.1 Å². The Hall–Kier alpha value is -1.95. The Labute approximate surface area is 129 Å². The van der Waals surface area contributed by atoms with Crippen molar-refractivity contribution < 1.29 is 4.79 Å². The highest BCUT2D eigenvalue weighted by atomic mass is 32.1. The monoisotopic (exact) mass is 306 g/mol. The van der Waals surface area contributed by atoms with Crippen molar-refractivity contribution in [1.82, 2.24) is 4.37 Å². The Morgan fingerprint density at radius 3 is 2.62 bits per heavy atom. The number of primary amides is 1. The van der Waals surface area contributed by atoms with E-state index in [4.69, 9.17) is 5.73 Å². The molecule has 0 radical (unpaired) electrons. The molecule has 1 heterocycles. The molecule has 21 heavy (non-hydrogen) atoms. The van der Waals surface area contributed by atoms with E-state index >= 15 is 0 Å². The number of anilines is 1. The van der Waals surface area contributed by atoms with Crippen LogP contribution in [0.25, 0.3) is 0 Å². The minimum Gasteiger partial charge on any atom is -0.364 e. The molecule has 0 aliphatic carbocycles. The van der Waals surface area contributed by atoms with Crippen LogP contribution in [0.3, 0.4) is 0 Å². The Bertz CT molecular complexity index is 611. The summed E-state index contributed by atoms with van der Waals surface area (Å²) in [6.45, 7) is 9.78. The van der Waals surface area contributed by atoms with E-state index in [2.05, 4.69) is 21.6 Å². The van der Waals surface area contributed by atoms with E-state index in [1.54, 1.807) is 13.1 Å². The van der Waals surface area contributed by atoms with Crippen molar-refractivity contribution in [3.8, 4) is 0 Å². The summed E-state index contributed by atoms with van der Waals surface area (Å²) in [5.74, 6) is -0.556. The topological polar surface area (TPSA) is 80.4 Å². The number of carbonyl (C=O) groups excluding carboxylic acids is 1. The maximum absolute atomic E-state index is 11.6. The summed E-state index contributed by atoms with van der Waals surface area (Å²) in [5.41, 5.74) is 9.45. The van der Waals surface area contributed by atoms with Crippen LogP contribution < -0.4 is 11.1 Å². The molecular weight excluding hydrogens is 284 g/mol. The molecule has 5 nitrogen and oxygen atoms in total. The van der Waals surface area contributed by atoms with Gasteiger partial charge in [0.1, 0.15) is 10.7 Å². The van der Waals surface area contributed by atoms with Crippen LogP contribution in [-0.4, -0.2) is 16.5 Å². The lowest BCUT2D eigenvalue weighted by Crippen LogP contribution is -2.16. The van der Waals surface area contributed by atoms with Gasteiger partial charge in [-0.2, -0.15) is 4.37 Å². The molecule has 114 valence electrons. The molecule has 0 aliphatic heterocycles. The number of amides is 1. The number of hydrogen-bond acceptors (Lipinski definition) is 5. The van der Waals surface area contributed by atoms with E-state index in [9.17, 15) is 4.79 Å². The van der Waals surface area contributed by atoms with E-state index in [-0.39, 0.29) is 5.70 Å². The third kappa shape index (κ3) is 5.15. The van der Waals surface area contributed by atoms with Crippen molar-refractivity contribution >= 4 is 28.7 Å². The van der Waals surface area contributed by atoms with E-state index in [0.717, 1.165) is 22.7 Å². The summed E-state index contributed by atoms with van der Waals surface area (Å²) in [6, 6.07) is 1.91. The van der Waals surface area contributed by atoms with Gasteiger partial charge in [-0.25, -0.2) is 4.99 Å². The molecule has 0 aliphatic rings. The number of carbonyl (C=O) groups is 1. The predicted molar refractivity (Wildman–Crippen MR) is 89.5 cm³/mol. The van der Waals surface area contributed by atoms with Crippen LogP contribution >= 0.6 is 11.5 Å². The molecule has 0 unspecified atom stereocenters. The number of allylic oxidation sites excluding steroid dienone is 3. The van der Waals surface area contributed by atoms with E-state index in [1.807, 2.05) is 26.8 Å². The van der Waals surface area contributed by atoms with Gasteiger partial charge in [0.05, 0.1) is 5.69 Å². The molecule has 0 bridgehead atoms. The number of rotatable bonds is 6. The minimum atomic E-state index is -0.556. The number of nitrogens with zero attached hydrogens (tertiary/aromatic N) is 2. The minimum absolute atomic E-state index is 0.226. The van der Waals surface area contributed by atoms with Crippen LogP contribution in [-0.2, 0) is 4.79 Å². The molecule has 0 aromatic carbocycles. The smallest absolute Gasteiger partial charge is 0.269 e. The van der Waals surface area contributed by atoms with Gasteiger partial charge in [0.2, 0.25) is 0 Å². The number of hydrogen-bond donors (Lipinski definition) is 2. The molecule has 0 saturated carbocycles. The molecule has 0 fully saturated rings. The third-order valence-corrected chi connectivity index (χ3v) is 3.91. The van der Waals surface area contributed by atoms with Gasteiger partial charge in [-0.15, -0.1) is 0 Å². The first kappa shape index (κ1) is 17.1. The van der Waals surface area contributed by atoms with Crippen molar-refractivity contribution in [2.24, 2.45) is 10.7 Å². The van der Waals surface area contributed by atoms with Crippen molar-refractivity contribution in [3.05, 3.63) is 34.3 Å². The maximum atomic E-state index is 11.6. The summed E-state index contributed by atoms with van der Waals surface area (Å²) >= 11 is 1.33. The first-order chi connectivity index (χ1) is 9.85. The molecule has 3 N–H and O–H groups in total. The first-order valence-corrected chi connectivity index (χ1v) is 7.53. The standard InChI is InChI=1S/C15H22N4OS/c1-6-9(2)10(3)8-17-14(15(16)20)12(5)18-13-7-11(4)19-21-13/h7-8,18H,6H2,1-5H3,(H2,16,20)/b10-9-,14-12+,17-8-. The lowest BCUT2D eigenvalue weighted by atomic mass is 10.1. The van der Waals surface area contributed by atoms with Crippen LogP contribution in [0.5, 0.6) is 0 Å². The highest BCUT2D eigenvalue weighted by Crippen LogP contribution is 2.19. The molecule has 0 spiro atoms. The number of nitrogens with one attached hydrogen (secondary N) is 1. The van der Waals surface area contributed by atoms with Crippen LogP contribution in [0.15, 0.2) is 33.6 Å². The van der Waals surface area contributed by atoms with Gasteiger partial charge in [-0.1, -0.05) is 12.5 Å². The van der Waals surface area contributed by atoms with Crippen molar-refractivity contribution in [2.75, 3.05) is 5.32 Å². The lowest BCUT2D eigenvalue weighted by molar-refractivity contribution is -0.114. The SMILES string of the molecule is CC\C(C)=C(C)/C=N\C(C(N)=O)=C(/C)Nc1cc(C)ns1. The zero-order valence-corrected chi connectivity index (χ0v) is 14.0. The lowest BCUT2D eigenvalue weighted by Gasteiger charge is -2.06. The Morgan fingerprint density at radius 2 is 2.14 bits per heavy atom. The predicted octanol–water partition coefficient (Wildman–Crippen LogP) is 3.40. The van der Waals surface area contributed by atoms with Gasteiger partial charge in [0.15, 0.2) is 0 Å². The van der Waals surface area contributed by atoms with Crippen molar-refractivity contribution in [3.63, 3.8) is 0 Å². The number of aromatic nitrogens is 1. The average Bonchev–Trinajstić information content (AvgIpc) is 2.82. The summed E-state index contributed by atoms with van der Waals surface area (Å²) in [6.07, 6.45) is 2.63. The molecule has 0 saturated heterocycles. The van der Waals surface area contributed by atoms with E-state index in [0.29, 0.717) is 5.70 Å². The fraction of sp³-hybridized carbons (Fsp3) is 0.400. The van der Waals surface area contributed by atoms with Crippen LogP contribution in [0.2, 0.25) is 0 Å². The molecule has 1 aromatic heterocycles. The largest absolute Gasteiger partial charge is 0.364 e. The van der Waals surface area contributed by atoms with Gasteiger partial charge < -0.3 is 11.1 Å². The Kier molecular flexibility index (Phi) is 6.30. The average molecular weight is 306 g/mol. The third-order valence-electron chi connectivity index (χ3n) is 3.12. The van der Waals surface area contributed by atoms with Crippen molar-refractivity contribution in [1.29, 1.82) is 0 Å². The zero-order valence-electron chi connectivity index (χ0n) is 13.2. The Morgan fingerprint density at radius 1 is 1.48 bits per heavy atom. The summed E-state index contributed by atoms with van der Waals surface area (Å²) in [5, 5.41) is 3.97. The summed E-state index contributed by atoms with van der Waals surface area (Å²) in [4.78, 5) is 15.8. The van der Waals surface area contributed by atoms with Crippen molar-refractivity contribution in [2.45, 2.75) is 41.0 Å². The molecule has 1 rings (SSSR count).